The summed E-state index contributed by atoms with van der Waals surface area (Å²) < 4.78 is 6.25. The van der Waals surface area contributed by atoms with Gasteiger partial charge in [0.05, 0.1) is 11.6 Å². The van der Waals surface area contributed by atoms with Crippen LogP contribution in [0.1, 0.15) is 88.9 Å². The summed E-state index contributed by atoms with van der Waals surface area (Å²) in [5.74, 6) is 2.13. The Labute approximate surface area is 194 Å². The zero-order valence-electron chi connectivity index (χ0n) is 20.4. The van der Waals surface area contributed by atoms with Gasteiger partial charge >= 0.3 is 0 Å². The van der Waals surface area contributed by atoms with Crippen LogP contribution in [0.15, 0.2) is 24.3 Å². The van der Waals surface area contributed by atoms with Crippen LogP contribution in [0.25, 0.3) is 0 Å². The maximum absolute atomic E-state index is 13.4. The van der Waals surface area contributed by atoms with E-state index in [1.54, 1.807) is 0 Å². The van der Waals surface area contributed by atoms with Gasteiger partial charge in [-0.15, -0.1) is 0 Å². The molecule has 1 aromatic rings. The molecule has 2 amide bonds. The summed E-state index contributed by atoms with van der Waals surface area (Å²) in [6.07, 6.45) is 9.59. The molecule has 1 atom stereocenters. The second kappa shape index (κ2) is 12.3. The van der Waals surface area contributed by atoms with Crippen LogP contribution < -0.4 is 4.74 Å². The number of carbonyl (C=O) groups is 2. The molecular weight excluding hydrogens is 400 g/mol. The number of amides is 2. The fourth-order valence-corrected chi connectivity index (χ4v) is 5.22. The number of benzene rings is 1. The number of rotatable bonds is 6. The summed E-state index contributed by atoms with van der Waals surface area (Å²) in [4.78, 5) is 30.5. The summed E-state index contributed by atoms with van der Waals surface area (Å²) in [5, 5.41) is 0. The highest BCUT2D eigenvalue weighted by molar-refractivity contribution is 5.96. The minimum absolute atomic E-state index is 0.0357. The molecule has 178 valence electrons. The van der Waals surface area contributed by atoms with Gasteiger partial charge in [-0.25, -0.2) is 0 Å². The third-order valence-electron chi connectivity index (χ3n) is 7.04. The maximum atomic E-state index is 13.4. The van der Waals surface area contributed by atoms with Crippen molar-refractivity contribution in [3.05, 3.63) is 29.8 Å². The normalized spacial score (nSPS) is 21.1. The second-order valence-electron chi connectivity index (χ2n) is 9.96. The van der Waals surface area contributed by atoms with Gasteiger partial charge in [0.1, 0.15) is 12.4 Å². The first-order chi connectivity index (χ1) is 15.5. The quantitative estimate of drug-likeness (QED) is 0.582. The van der Waals surface area contributed by atoms with Crippen LogP contribution in [0.2, 0.25) is 0 Å². The molecule has 1 aliphatic carbocycles. The average Bonchev–Trinajstić information content (AvgIpc) is 3.30. The molecule has 5 nitrogen and oxygen atoms in total. The Kier molecular flexibility index (Phi) is 9.43. The molecule has 0 N–H and O–H groups in total. The van der Waals surface area contributed by atoms with E-state index in [2.05, 4.69) is 18.7 Å². The number of hydrogen-bond acceptors (Lipinski definition) is 3. The van der Waals surface area contributed by atoms with Gasteiger partial charge in [0.25, 0.3) is 5.91 Å². The van der Waals surface area contributed by atoms with E-state index in [4.69, 9.17) is 4.74 Å². The van der Waals surface area contributed by atoms with E-state index >= 15 is 0 Å². The molecular formula is C27H42N2O3. The molecule has 2 aliphatic rings. The summed E-state index contributed by atoms with van der Waals surface area (Å²) >= 11 is 0. The van der Waals surface area contributed by atoms with Crippen LogP contribution >= 0.6 is 0 Å². The summed E-state index contributed by atoms with van der Waals surface area (Å²) in [5.41, 5.74) is 0.623. The van der Waals surface area contributed by atoms with Crippen molar-refractivity contribution >= 4 is 11.8 Å². The van der Waals surface area contributed by atoms with Crippen molar-refractivity contribution in [3.8, 4) is 5.75 Å². The monoisotopic (exact) mass is 442 g/mol. The van der Waals surface area contributed by atoms with Gasteiger partial charge in [-0.05, 0) is 56.6 Å². The van der Waals surface area contributed by atoms with E-state index in [9.17, 15) is 9.59 Å². The summed E-state index contributed by atoms with van der Waals surface area (Å²) in [6.45, 7) is 8.99. The Balaban J connectivity index is 1.79. The summed E-state index contributed by atoms with van der Waals surface area (Å²) in [6, 6.07) is 7.58. The van der Waals surface area contributed by atoms with Crippen molar-refractivity contribution in [2.45, 2.75) is 84.6 Å². The predicted octanol–water partition coefficient (Wildman–Crippen LogP) is 5.54. The minimum atomic E-state index is 0.0357. The number of fused-ring (bicyclic) bond motifs is 1. The van der Waals surface area contributed by atoms with Crippen molar-refractivity contribution in [2.75, 3.05) is 26.2 Å². The molecule has 1 aromatic carbocycles. The number of hydrogen-bond donors (Lipinski definition) is 0. The van der Waals surface area contributed by atoms with Crippen LogP contribution in [0.5, 0.6) is 5.75 Å². The van der Waals surface area contributed by atoms with Crippen LogP contribution in [0, 0.1) is 11.8 Å². The van der Waals surface area contributed by atoms with Crippen molar-refractivity contribution in [2.24, 2.45) is 11.8 Å². The first kappa shape index (κ1) is 24.6. The fraction of sp³-hybridized carbons (Fsp3) is 0.704. The Morgan fingerprint density at radius 3 is 2.53 bits per heavy atom. The lowest BCUT2D eigenvalue weighted by Crippen LogP contribution is -2.45. The highest BCUT2D eigenvalue weighted by atomic mass is 16.5. The van der Waals surface area contributed by atoms with Gasteiger partial charge in [-0.1, -0.05) is 51.7 Å². The summed E-state index contributed by atoms with van der Waals surface area (Å²) in [7, 11) is 0. The van der Waals surface area contributed by atoms with Crippen molar-refractivity contribution in [1.29, 1.82) is 0 Å². The zero-order chi connectivity index (χ0) is 22.9. The fourth-order valence-electron chi connectivity index (χ4n) is 5.22. The molecule has 1 saturated carbocycles. The molecule has 1 heterocycles. The van der Waals surface area contributed by atoms with Crippen LogP contribution in [0.4, 0.5) is 0 Å². The van der Waals surface area contributed by atoms with Gasteiger partial charge in [0.2, 0.25) is 5.91 Å². The lowest BCUT2D eigenvalue weighted by atomic mass is 9.99. The Bertz CT molecular complexity index is 742. The van der Waals surface area contributed by atoms with Gasteiger partial charge in [-0.2, -0.15) is 0 Å². The third kappa shape index (κ3) is 6.73. The zero-order valence-corrected chi connectivity index (χ0v) is 20.4. The minimum Gasteiger partial charge on any atom is -0.491 e. The average molecular weight is 443 g/mol. The third-order valence-corrected chi connectivity index (χ3v) is 7.04. The lowest BCUT2D eigenvalue weighted by molar-refractivity contribution is -0.135. The SMILES string of the molecule is CCN1CCCCN(C(=O)CCC2CCCC2)[C@@H](CC(C)C)COc2ccccc2C1=O. The number of para-hydroxylation sites is 1. The molecule has 0 saturated heterocycles. The van der Waals surface area contributed by atoms with Crippen LogP contribution in [-0.2, 0) is 4.79 Å². The van der Waals surface area contributed by atoms with Crippen LogP contribution in [0.3, 0.4) is 0 Å². The van der Waals surface area contributed by atoms with E-state index in [1.807, 2.05) is 36.1 Å². The smallest absolute Gasteiger partial charge is 0.257 e. The first-order valence-electron chi connectivity index (χ1n) is 12.8. The molecule has 5 heteroatoms. The highest BCUT2D eigenvalue weighted by Gasteiger charge is 2.28. The number of carbonyl (C=O) groups excluding carboxylic acids is 2. The lowest BCUT2D eigenvalue weighted by Gasteiger charge is -2.34. The van der Waals surface area contributed by atoms with Crippen molar-refractivity contribution < 1.29 is 14.3 Å². The largest absolute Gasteiger partial charge is 0.491 e. The molecule has 1 aliphatic heterocycles. The molecule has 0 spiro atoms. The highest BCUT2D eigenvalue weighted by Crippen LogP contribution is 2.29. The Hall–Kier alpha value is -2.04. The van der Waals surface area contributed by atoms with Gasteiger partial charge in [0, 0.05) is 26.1 Å². The molecule has 0 radical (unpaired) electrons. The van der Waals surface area contributed by atoms with E-state index in [0.717, 1.165) is 38.1 Å². The first-order valence-corrected chi connectivity index (χ1v) is 12.8. The standard InChI is InChI=1S/C27H42N2O3/c1-4-28-17-9-10-18-29(26(30)16-15-22-11-5-6-12-22)23(19-21(2)3)20-32-25-14-8-7-13-24(25)27(28)31/h7-8,13-14,21-23H,4-6,9-12,15-20H2,1-3H3/t23-/m0/s1. The van der Waals surface area contributed by atoms with E-state index in [-0.39, 0.29) is 17.9 Å². The topological polar surface area (TPSA) is 49.9 Å². The predicted molar refractivity (Wildman–Crippen MR) is 129 cm³/mol. The van der Waals surface area contributed by atoms with Crippen molar-refractivity contribution in [1.82, 2.24) is 9.80 Å². The van der Waals surface area contributed by atoms with Crippen LogP contribution in [-0.4, -0.2) is 53.9 Å². The van der Waals surface area contributed by atoms with E-state index < -0.39 is 0 Å². The number of nitrogens with zero attached hydrogens (tertiary/aromatic N) is 2. The number of ether oxygens (including phenoxy) is 1. The van der Waals surface area contributed by atoms with E-state index in [0.29, 0.717) is 43.3 Å². The molecule has 1 fully saturated rings. The van der Waals surface area contributed by atoms with Gasteiger partial charge in [0.15, 0.2) is 0 Å². The van der Waals surface area contributed by atoms with Gasteiger partial charge in [-0.3, -0.25) is 9.59 Å². The second-order valence-corrected chi connectivity index (χ2v) is 9.96. The molecule has 3 rings (SSSR count). The van der Waals surface area contributed by atoms with Crippen molar-refractivity contribution in [3.63, 3.8) is 0 Å². The molecule has 0 unspecified atom stereocenters. The van der Waals surface area contributed by atoms with E-state index in [1.165, 1.54) is 25.7 Å². The maximum Gasteiger partial charge on any atom is 0.257 e. The molecule has 32 heavy (non-hydrogen) atoms. The Morgan fingerprint density at radius 2 is 1.81 bits per heavy atom. The van der Waals surface area contributed by atoms with Gasteiger partial charge < -0.3 is 14.5 Å². The molecule has 0 aromatic heterocycles. The Morgan fingerprint density at radius 1 is 1.09 bits per heavy atom. The molecule has 0 bridgehead atoms.